The molecular formula is C14H18FN. The average molecular weight is 219 g/mol. The molecule has 0 radical (unpaired) electrons. The van der Waals surface area contributed by atoms with Crippen LogP contribution in [0.4, 0.5) is 10.1 Å². The maximum Gasteiger partial charge on any atom is 0.123 e. The van der Waals surface area contributed by atoms with Crippen LogP contribution in [-0.4, -0.2) is 6.54 Å². The molecule has 3 rings (SSSR count). The Bertz CT molecular complexity index is 382. The minimum Gasteiger partial charge on any atom is -0.385 e. The molecule has 0 spiro atoms. The zero-order chi connectivity index (χ0) is 11.0. The highest BCUT2D eigenvalue weighted by atomic mass is 19.1. The zero-order valence-corrected chi connectivity index (χ0v) is 9.51. The highest BCUT2D eigenvalue weighted by Crippen LogP contribution is 2.43. The summed E-state index contributed by atoms with van der Waals surface area (Å²) >= 11 is 0. The van der Waals surface area contributed by atoms with Crippen molar-refractivity contribution in [1.82, 2.24) is 0 Å². The van der Waals surface area contributed by atoms with Crippen molar-refractivity contribution in [3.63, 3.8) is 0 Å². The number of halogens is 1. The molecule has 16 heavy (non-hydrogen) atoms. The normalized spacial score (nSPS) is 25.2. The Morgan fingerprint density at radius 2 is 1.94 bits per heavy atom. The van der Waals surface area contributed by atoms with Crippen LogP contribution in [0.15, 0.2) is 18.2 Å². The standard InChI is InChI=1S/C14H18FN/c15-11-5-6-14-13(9-11)12(7-8-16-14)10-3-1-2-4-10/h5-6,9-10,12,16H,1-4,7-8H2. The zero-order valence-electron chi connectivity index (χ0n) is 9.51. The van der Waals surface area contributed by atoms with Crippen LogP contribution < -0.4 is 5.32 Å². The van der Waals surface area contributed by atoms with E-state index in [0.717, 1.165) is 18.2 Å². The number of anilines is 1. The van der Waals surface area contributed by atoms with Crippen molar-refractivity contribution in [3.8, 4) is 0 Å². The predicted octanol–water partition coefficient (Wildman–Crippen LogP) is 3.92. The van der Waals surface area contributed by atoms with Gasteiger partial charge in [0.1, 0.15) is 5.82 Å². The van der Waals surface area contributed by atoms with Crippen LogP contribution in [0.25, 0.3) is 0 Å². The lowest BCUT2D eigenvalue weighted by molar-refractivity contribution is 0.411. The number of fused-ring (bicyclic) bond motifs is 1. The Hall–Kier alpha value is -1.05. The van der Waals surface area contributed by atoms with Gasteiger partial charge in [-0.3, -0.25) is 0 Å². The van der Waals surface area contributed by atoms with Crippen LogP contribution in [0.5, 0.6) is 0 Å². The van der Waals surface area contributed by atoms with E-state index < -0.39 is 0 Å². The van der Waals surface area contributed by atoms with E-state index in [4.69, 9.17) is 0 Å². The number of hydrogen-bond donors (Lipinski definition) is 1. The minimum atomic E-state index is -0.0922. The molecule has 2 aliphatic rings. The first kappa shape index (κ1) is 10.1. The van der Waals surface area contributed by atoms with Gasteiger partial charge >= 0.3 is 0 Å². The molecule has 2 heteroatoms. The molecule has 0 aromatic heterocycles. The highest BCUT2D eigenvalue weighted by Gasteiger charge is 2.30. The lowest BCUT2D eigenvalue weighted by Crippen LogP contribution is -2.21. The topological polar surface area (TPSA) is 12.0 Å². The molecule has 86 valence electrons. The van der Waals surface area contributed by atoms with Crippen molar-refractivity contribution < 1.29 is 4.39 Å². The summed E-state index contributed by atoms with van der Waals surface area (Å²) in [6, 6.07) is 5.19. The molecule has 1 saturated carbocycles. The monoisotopic (exact) mass is 219 g/mol. The van der Waals surface area contributed by atoms with E-state index in [1.807, 2.05) is 6.07 Å². The Morgan fingerprint density at radius 1 is 1.12 bits per heavy atom. The molecule has 1 N–H and O–H groups in total. The van der Waals surface area contributed by atoms with Crippen LogP contribution in [0, 0.1) is 11.7 Å². The Balaban J connectivity index is 1.94. The molecule has 1 aliphatic heterocycles. The summed E-state index contributed by atoms with van der Waals surface area (Å²) in [6.45, 7) is 1.04. The van der Waals surface area contributed by atoms with E-state index in [1.54, 1.807) is 12.1 Å². The third-order valence-corrected chi connectivity index (χ3v) is 4.15. The lowest BCUT2D eigenvalue weighted by Gasteiger charge is -2.31. The Labute approximate surface area is 96.1 Å². The van der Waals surface area contributed by atoms with E-state index >= 15 is 0 Å². The largest absolute Gasteiger partial charge is 0.385 e. The van der Waals surface area contributed by atoms with Crippen LogP contribution in [0.2, 0.25) is 0 Å². The molecule has 1 heterocycles. The summed E-state index contributed by atoms with van der Waals surface area (Å²) in [7, 11) is 0. The maximum atomic E-state index is 13.3. The van der Waals surface area contributed by atoms with E-state index in [-0.39, 0.29) is 5.82 Å². The molecule has 1 fully saturated rings. The molecule has 1 atom stereocenters. The Kier molecular flexibility index (Phi) is 2.58. The van der Waals surface area contributed by atoms with E-state index in [1.165, 1.54) is 37.7 Å². The Morgan fingerprint density at radius 3 is 2.75 bits per heavy atom. The van der Waals surface area contributed by atoms with Gasteiger partial charge in [0.05, 0.1) is 0 Å². The number of nitrogens with one attached hydrogen (secondary N) is 1. The first-order valence-corrected chi connectivity index (χ1v) is 6.38. The maximum absolute atomic E-state index is 13.3. The summed E-state index contributed by atoms with van der Waals surface area (Å²) in [5, 5.41) is 3.38. The van der Waals surface area contributed by atoms with Crippen LogP contribution in [0.3, 0.4) is 0 Å². The van der Waals surface area contributed by atoms with Gasteiger partial charge in [-0.05, 0) is 54.9 Å². The van der Waals surface area contributed by atoms with Crippen molar-refractivity contribution in [2.45, 2.75) is 38.0 Å². The van der Waals surface area contributed by atoms with Gasteiger partial charge in [0, 0.05) is 12.2 Å². The molecule has 1 aromatic carbocycles. The van der Waals surface area contributed by atoms with Crippen molar-refractivity contribution in [3.05, 3.63) is 29.6 Å². The van der Waals surface area contributed by atoms with Crippen LogP contribution in [0.1, 0.15) is 43.6 Å². The number of hydrogen-bond acceptors (Lipinski definition) is 1. The summed E-state index contributed by atoms with van der Waals surface area (Å²) < 4.78 is 13.3. The average Bonchev–Trinajstić information content (AvgIpc) is 2.81. The smallest absolute Gasteiger partial charge is 0.123 e. The number of benzene rings is 1. The molecule has 1 aromatic rings. The van der Waals surface area contributed by atoms with Gasteiger partial charge < -0.3 is 5.32 Å². The van der Waals surface area contributed by atoms with Gasteiger partial charge in [0.25, 0.3) is 0 Å². The first-order valence-electron chi connectivity index (χ1n) is 6.38. The molecule has 0 amide bonds. The minimum absolute atomic E-state index is 0.0922. The van der Waals surface area contributed by atoms with E-state index in [9.17, 15) is 4.39 Å². The predicted molar refractivity (Wildman–Crippen MR) is 64.2 cm³/mol. The quantitative estimate of drug-likeness (QED) is 0.755. The summed E-state index contributed by atoms with van der Waals surface area (Å²) in [5.74, 6) is 1.29. The van der Waals surface area contributed by atoms with Gasteiger partial charge in [-0.25, -0.2) is 4.39 Å². The fourth-order valence-electron chi connectivity index (χ4n) is 3.37. The van der Waals surface area contributed by atoms with E-state index in [2.05, 4.69) is 5.32 Å². The fraction of sp³-hybridized carbons (Fsp3) is 0.571. The van der Waals surface area contributed by atoms with Crippen molar-refractivity contribution in [2.75, 3.05) is 11.9 Å². The molecule has 0 bridgehead atoms. The molecule has 0 saturated heterocycles. The second-order valence-electron chi connectivity index (χ2n) is 5.10. The van der Waals surface area contributed by atoms with Gasteiger partial charge in [-0.15, -0.1) is 0 Å². The molecule has 1 unspecified atom stereocenters. The first-order chi connectivity index (χ1) is 7.84. The van der Waals surface area contributed by atoms with Crippen molar-refractivity contribution in [2.24, 2.45) is 5.92 Å². The lowest BCUT2D eigenvalue weighted by atomic mass is 9.80. The third-order valence-electron chi connectivity index (χ3n) is 4.15. The van der Waals surface area contributed by atoms with Crippen LogP contribution in [-0.2, 0) is 0 Å². The summed E-state index contributed by atoms with van der Waals surface area (Å²) in [6.07, 6.45) is 6.56. The van der Waals surface area contributed by atoms with Gasteiger partial charge in [-0.1, -0.05) is 12.8 Å². The van der Waals surface area contributed by atoms with Crippen molar-refractivity contribution >= 4 is 5.69 Å². The fourth-order valence-corrected chi connectivity index (χ4v) is 3.37. The summed E-state index contributed by atoms with van der Waals surface area (Å²) in [4.78, 5) is 0. The number of rotatable bonds is 1. The molecular weight excluding hydrogens is 201 g/mol. The SMILES string of the molecule is Fc1ccc2c(c1)C(C1CCCC1)CCN2. The van der Waals surface area contributed by atoms with Gasteiger partial charge in [0.2, 0.25) is 0 Å². The van der Waals surface area contributed by atoms with Gasteiger partial charge in [0.15, 0.2) is 0 Å². The third kappa shape index (κ3) is 1.70. The van der Waals surface area contributed by atoms with E-state index in [0.29, 0.717) is 5.92 Å². The molecule has 1 aliphatic carbocycles. The second kappa shape index (κ2) is 4.08. The highest BCUT2D eigenvalue weighted by molar-refractivity contribution is 5.55. The van der Waals surface area contributed by atoms with Crippen molar-refractivity contribution in [1.29, 1.82) is 0 Å². The molecule has 1 nitrogen and oxygen atoms in total. The second-order valence-corrected chi connectivity index (χ2v) is 5.10. The summed E-state index contributed by atoms with van der Waals surface area (Å²) in [5.41, 5.74) is 2.38. The van der Waals surface area contributed by atoms with Crippen LogP contribution >= 0.6 is 0 Å². The van der Waals surface area contributed by atoms with Gasteiger partial charge in [-0.2, -0.15) is 0 Å².